The third kappa shape index (κ3) is 2.64. The lowest BCUT2D eigenvalue weighted by molar-refractivity contribution is 0.219. The Morgan fingerprint density at radius 3 is 2.48 bits per heavy atom. The normalized spacial score (nSPS) is 12.8. The van der Waals surface area contributed by atoms with Crippen LogP contribution in [0.5, 0.6) is 0 Å². The van der Waals surface area contributed by atoms with Crippen LogP contribution in [0.4, 0.5) is 0 Å². The summed E-state index contributed by atoms with van der Waals surface area (Å²) < 4.78 is 0.729. The predicted octanol–water partition coefficient (Wildman–Crippen LogP) is 3.66. The van der Waals surface area contributed by atoms with Gasteiger partial charge in [-0.25, -0.2) is 4.79 Å². The average molecular weight is 368 g/mol. The monoisotopic (exact) mass is 366 g/mol. The zero-order valence-corrected chi connectivity index (χ0v) is 13.4. The minimum atomic E-state index is -0.806. The number of fused-ring (bicyclic) bond motifs is 1. The van der Waals surface area contributed by atoms with Crippen LogP contribution in [-0.2, 0) is 0 Å². The van der Waals surface area contributed by atoms with E-state index in [2.05, 4.69) is 25.9 Å². The molecule has 1 aromatic heterocycles. The Kier molecular flexibility index (Phi) is 3.65. The number of aryl methyl sites for hydroxylation is 1. The largest absolute Gasteiger partial charge is 0.384 e. The van der Waals surface area contributed by atoms with Crippen LogP contribution in [0, 0.1) is 6.92 Å². The van der Waals surface area contributed by atoms with Gasteiger partial charge in [-0.2, -0.15) is 0 Å². The third-order valence-electron chi connectivity index (χ3n) is 3.45. The molecule has 0 saturated carbocycles. The molecule has 4 nitrogen and oxygen atoms in total. The fourth-order valence-corrected chi connectivity index (χ4v) is 3.18. The minimum Gasteiger partial charge on any atom is -0.384 e. The van der Waals surface area contributed by atoms with Crippen molar-refractivity contribution < 1.29 is 5.11 Å². The average Bonchev–Trinajstić information content (AvgIpc) is 2.76. The van der Waals surface area contributed by atoms with Gasteiger partial charge in [0.05, 0.1) is 11.0 Å². The maximum Gasteiger partial charge on any atom is 0.323 e. The van der Waals surface area contributed by atoms with Crippen molar-refractivity contribution in [2.75, 3.05) is 0 Å². The van der Waals surface area contributed by atoms with Gasteiger partial charge in [0.1, 0.15) is 6.10 Å². The highest BCUT2D eigenvalue weighted by molar-refractivity contribution is 9.10. The van der Waals surface area contributed by atoms with Crippen LogP contribution in [0.2, 0.25) is 5.02 Å². The van der Waals surface area contributed by atoms with Crippen molar-refractivity contribution in [1.29, 1.82) is 0 Å². The van der Waals surface area contributed by atoms with E-state index in [0.29, 0.717) is 21.6 Å². The van der Waals surface area contributed by atoms with E-state index in [9.17, 15) is 9.90 Å². The van der Waals surface area contributed by atoms with Crippen molar-refractivity contribution in [3.05, 3.63) is 67.0 Å². The molecule has 0 aliphatic carbocycles. The van der Waals surface area contributed by atoms with Gasteiger partial charge in [0, 0.05) is 15.1 Å². The van der Waals surface area contributed by atoms with Crippen molar-refractivity contribution in [3.63, 3.8) is 0 Å². The van der Waals surface area contributed by atoms with Crippen molar-refractivity contribution in [2.24, 2.45) is 0 Å². The van der Waals surface area contributed by atoms with Crippen LogP contribution in [0.25, 0.3) is 11.0 Å². The lowest BCUT2D eigenvalue weighted by Gasteiger charge is -2.16. The van der Waals surface area contributed by atoms with Gasteiger partial charge in [-0.3, -0.25) is 0 Å². The van der Waals surface area contributed by atoms with Crippen LogP contribution in [0.1, 0.15) is 22.8 Å². The minimum absolute atomic E-state index is 0.272. The number of aliphatic hydroxyl groups excluding tert-OH is 1. The Bertz CT molecular complexity index is 885. The number of hydrogen-bond acceptors (Lipinski definition) is 2. The second kappa shape index (κ2) is 5.33. The molecule has 0 radical (unpaired) electrons. The van der Waals surface area contributed by atoms with E-state index in [1.165, 1.54) is 0 Å². The first-order chi connectivity index (χ1) is 9.95. The quantitative estimate of drug-likeness (QED) is 0.647. The topological polar surface area (TPSA) is 68.9 Å². The number of nitrogens with one attached hydrogen (secondary N) is 2. The van der Waals surface area contributed by atoms with Gasteiger partial charge in [0.2, 0.25) is 0 Å². The summed E-state index contributed by atoms with van der Waals surface area (Å²) in [5.41, 5.74) is 3.44. The van der Waals surface area contributed by atoms with Gasteiger partial charge in [0.25, 0.3) is 0 Å². The van der Waals surface area contributed by atoms with Crippen LogP contribution in [0.3, 0.4) is 0 Å². The maximum absolute atomic E-state index is 11.3. The number of aliphatic hydroxyl groups is 1. The van der Waals surface area contributed by atoms with E-state index in [1.807, 2.05) is 13.0 Å². The smallest absolute Gasteiger partial charge is 0.323 e. The van der Waals surface area contributed by atoms with E-state index < -0.39 is 6.10 Å². The van der Waals surface area contributed by atoms with E-state index in [1.54, 1.807) is 24.3 Å². The number of aromatic nitrogens is 2. The molecule has 1 heterocycles. The molecule has 0 saturated heterocycles. The summed E-state index contributed by atoms with van der Waals surface area (Å²) in [7, 11) is 0. The molecule has 0 bridgehead atoms. The van der Waals surface area contributed by atoms with Gasteiger partial charge in [-0.1, -0.05) is 33.6 Å². The van der Waals surface area contributed by atoms with Crippen molar-refractivity contribution in [1.82, 2.24) is 9.97 Å². The molecule has 0 aliphatic rings. The molecule has 6 heteroatoms. The lowest BCUT2D eigenvalue weighted by Crippen LogP contribution is -2.03. The number of halogens is 2. The SMILES string of the molecule is Cc1cc(Cl)ccc1C(O)c1cc2[nH]c(=O)[nH]c2cc1Br. The van der Waals surface area contributed by atoms with Crippen molar-refractivity contribution in [2.45, 2.75) is 13.0 Å². The van der Waals surface area contributed by atoms with E-state index in [-0.39, 0.29) is 5.69 Å². The molecule has 3 rings (SSSR count). The van der Waals surface area contributed by atoms with Gasteiger partial charge in [-0.15, -0.1) is 0 Å². The molecule has 0 spiro atoms. The summed E-state index contributed by atoms with van der Waals surface area (Å²) in [4.78, 5) is 16.7. The molecule has 1 unspecified atom stereocenters. The molecule has 0 aliphatic heterocycles. The summed E-state index contributed by atoms with van der Waals surface area (Å²) >= 11 is 9.39. The second-order valence-electron chi connectivity index (χ2n) is 4.90. The van der Waals surface area contributed by atoms with E-state index >= 15 is 0 Å². The molecule has 3 aromatic rings. The van der Waals surface area contributed by atoms with Crippen LogP contribution < -0.4 is 5.69 Å². The Balaban J connectivity index is 2.14. The number of aromatic amines is 2. The molecular formula is C15H12BrClN2O2. The molecule has 0 amide bonds. The maximum atomic E-state index is 11.3. The Morgan fingerprint density at radius 1 is 1.14 bits per heavy atom. The number of rotatable bonds is 2. The Labute approximate surface area is 133 Å². The molecule has 2 aromatic carbocycles. The standard InChI is InChI=1S/C15H12BrClN2O2/c1-7-4-8(17)2-3-9(7)14(20)10-5-12-13(6-11(10)16)19-15(21)18-12/h2-6,14,20H,1H3,(H2,18,19,21). The highest BCUT2D eigenvalue weighted by atomic mass is 79.9. The van der Waals surface area contributed by atoms with E-state index in [4.69, 9.17) is 11.6 Å². The molecule has 3 N–H and O–H groups in total. The van der Waals surface area contributed by atoms with Crippen LogP contribution in [0.15, 0.2) is 39.6 Å². The fourth-order valence-electron chi connectivity index (χ4n) is 2.40. The number of imidazole rings is 1. The van der Waals surface area contributed by atoms with Gasteiger partial charge >= 0.3 is 5.69 Å². The first-order valence-corrected chi connectivity index (χ1v) is 7.48. The Hall–Kier alpha value is -1.56. The fraction of sp³-hybridized carbons (Fsp3) is 0.133. The van der Waals surface area contributed by atoms with E-state index in [0.717, 1.165) is 15.6 Å². The summed E-state index contributed by atoms with van der Waals surface area (Å²) in [6, 6.07) is 8.90. The second-order valence-corrected chi connectivity index (χ2v) is 6.19. The first-order valence-electron chi connectivity index (χ1n) is 6.31. The zero-order valence-electron chi connectivity index (χ0n) is 11.1. The highest BCUT2D eigenvalue weighted by Crippen LogP contribution is 2.33. The first kappa shape index (κ1) is 14.4. The van der Waals surface area contributed by atoms with Gasteiger partial charge in [0.15, 0.2) is 0 Å². The van der Waals surface area contributed by atoms with Crippen LogP contribution >= 0.6 is 27.5 Å². The van der Waals surface area contributed by atoms with Gasteiger partial charge < -0.3 is 15.1 Å². The zero-order chi connectivity index (χ0) is 15.1. The van der Waals surface area contributed by atoms with Crippen molar-refractivity contribution >= 4 is 38.6 Å². The van der Waals surface area contributed by atoms with Gasteiger partial charge in [-0.05, 0) is 42.3 Å². The summed E-state index contributed by atoms with van der Waals surface area (Å²) in [5.74, 6) is 0. The van der Waals surface area contributed by atoms with Crippen LogP contribution in [-0.4, -0.2) is 15.1 Å². The number of H-pyrrole nitrogens is 2. The summed E-state index contributed by atoms with van der Waals surface area (Å²) in [5, 5.41) is 11.3. The third-order valence-corrected chi connectivity index (χ3v) is 4.38. The highest BCUT2D eigenvalue weighted by Gasteiger charge is 2.17. The summed E-state index contributed by atoms with van der Waals surface area (Å²) in [6.07, 6.45) is -0.806. The summed E-state index contributed by atoms with van der Waals surface area (Å²) in [6.45, 7) is 1.90. The molecule has 1 atom stereocenters. The lowest BCUT2D eigenvalue weighted by atomic mass is 9.97. The number of hydrogen-bond donors (Lipinski definition) is 3. The molecule has 21 heavy (non-hydrogen) atoms. The number of benzene rings is 2. The Morgan fingerprint density at radius 2 is 1.81 bits per heavy atom. The van der Waals surface area contributed by atoms with Crippen molar-refractivity contribution in [3.8, 4) is 0 Å². The molecule has 108 valence electrons. The predicted molar refractivity (Wildman–Crippen MR) is 86.9 cm³/mol. The molecule has 0 fully saturated rings. The molecular weight excluding hydrogens is 356 g/mol.